The number of aromatic hydroxyl groups is 1. The average Bonchev–Trinajstić information content (AvgIpc) is 2.98. The summed E-state index contributed by atoms with van der Waals surface area (Å²) in [5.74, 6) is -3.30. The Balaban J connectivity index is 1.55. The molecule has 5 bridgehead atoms. The Morgan fingerprint density at radius 3 is 2.60 bits per heavy atom. The molecule has 12 nitrogen and oxygen atoms in total. The number of anilines is 1. The van der Waals surface area contributed by atoms with Crippen LogP contribution in [0.5, 0.6) is 11.5 Å². The number of pyridine rings is 1. The summed E-state index contributed by atoms with van der Waals surface area (Å²) >= 11 is 0. The summed E-state index contributed by atoms with van der Waals surface area (Å²) in [6, 6.07) is 4.55. The van der Waals surface area contributed by atoms with Crippen LogP contribution in [0.4, 0.5) is 5.82 Å². The van der Waals surface area contributed by atoms with E-state index in [0.717, 1.165) is 0 Å². The second-order valence-corrected chi connectivity index (χ2v) is 12.1. The first-order valence-corrected chi connectivity index (χ1v) is 14.4. The van der Waals surface area contributed by atoms with E-state index in [1.165, 1.54) is 18.3 Å². The molecular formula is C31H32N2O10. The minimum atomic E-state index is -2.02. The lowest BCUT2D eigenvalue weighted by Gasteiger charge is -2.55. The van der Waals surface area contributed by atoms with Gasteiger partial charge in [-0.2, -0.15) is 0 Å². The predicted molar refractivity (Wildman–Crippen MR) is 150 cm³/mol. The number of hydrogen-bond donors (Lipinski definition) is 7. The van der Waals surface area contributed by atoms with Crippen LogP contribution in [-0.2, 0) is 11.2 Å². The number of benzene rings is 2. The van der Waals surface area contributed by atoms with E-state index in [4.69, 9.17) is 9.47 Å². The molecule has 1 aromatic heterocycles. The quantitative estimate of drug-likeness (QED) is 0.165. The SMILES string of the molecule is Cc1cc(O)c2c(c1)C(=O)c1c(c3c4c5c(nccc15)NCC(O)CCCC1(CO)OC(CC4)(O3)C(O)C(O)C1O)C2=O. The van der Waals surface area contributed by atoms with Gasteiger partial charge in [-0.3, -0.25) is 9.59 Å². The Hall–Kier alpha value is -3.65. The van der Waals surface area contributed by atoms with Gasteiger partial charge in [-0.25, -0.2) is 4.98 Å². The smallest absolute Gasteiger partial charge is 0.240 e. The fraction of sp³-hybridized carbons (Fsp3) is 0.452. The number of phenolic OH excluding ortho intramolecular Hbond substituents is 1. The van der Waals surface area contributed by atoms with Crippen LogP contribution >= 0.6 is 0 Å². The molecule has 0 saturated carbocycles. The van der Waals surface area contributed by atoms with E-state index in [1.807, 2.05) is 0 Å². The summed E-state index contributed by atoms with van der Waals surface area (Å²) in [5, 5.41) is 69.5. The molecule has 12 heteroatoms. The molecule has 3 aromatic rings. The van der Waals surface area contributed by atoms with E-state index in [2.05, 4.69) is 10.3 Å². The highest BCUT2D eigenvalue weighted by atomic mass is 16.7. The van der Waals surface area contributed by atoms with Crippen molar-refractivity contribution in [2.24, 2.45) is 0 Å². The fourth-order valence-electron chi connectivity index (χ4n) is 7.24. The molecule has 0 radical (unpaired) electrons. The molecule has 6 atom stereocenters. The minimum absolute atomic E-state index is 0.00741. The van der Waals surface area contributed by atoms with E-state index < -0.39 is 54.0 Å². The summed E-state index contributed by atoms with van der Waals surface area (Å²) in [7, 11) is 0. The maximum Gasteiger partial charge on any atom is 0.240 e. The molecule has 1 fully saturated rings. The van der Waals surface area contributed by atoms with Gasteiger partial charge in [-0.15, -0.1) is 0 Å². The predicted octanol–water partition coefficient (Wildman–Crippen LogP) is 0.846. The van der Waals surface area contributed by atoms with Crippen LogP contribution in [0.25, 0.3) is 10.8 Å². The van der Waals surface area contributed by atoms with Gasteiger partial charge in [0.05, 0.1) is 23.8 Å². The normalized spacial score (nSPS) is 31.7. The van der Waals surface area contributed by atoms with Crippen LogP contribution in [0.2, 0.25) is 0 Å². The molecule has 0 amide bonds. The molecule has 1 spiro atoms. The molecule has 226 valence electrons. The Kier molecular flexibility index (Phi) is 6.33. The molecule has 4 aliphatic heterocycles. The molecule has 6 unspecified atom stereocenters. The van der Waals surface area contributed by atoms with E-state index >= 15 is 0 Å². The molecule has 2 aromatic carbocycles. The van der Waals surface area contributed by atoms with E-state index in [9.17, 15) is 40.2 Å². The van der Waals surface area contributed by atoms with Gasteiger partial charge < -0.3 is 45.4 Å². The van der Waals surface area contributed by atoms with E-state index in [1.54, 1.807) is 13.0 Å². The summed E-state index contributed by atoms with van der Waals surface area (Å²) in [5.41, 5.74) is -0.965. The van der Waals surface area contributed by atoms with Crippen molar-refractivity contribution in [3.05, 3.63) is 57.8 Å². The first kappa shape index (κ1) is 28.1. The van der Waals surface area contributed by atoms with Gasteiger partial charge in [0.15, 0.2) is 5.78 Å². The number of nitrogens with zero attached hydrogens (tertiary/aromatic N) is 1. The molecule has 5 aliphatic rings. The first-order chi connectivity index (χ1) is 20.5. The Morgan fingerprint density at radius 1 is 1.05 bits per heavy atom. The van der Waals surface area contributed by atoms with Crippen molar-refractivity contribution >= 4 is 28.2 Å². The van der Waals surface area contributed by atoms with Crippen LogP contribution in [0, 0.1) is 6.92 Å². The number of aliphatic hydroxyl groups is 5. The second-order valence-electron chi connectivity index (χ2n) is 12.1. The molecule has 1 aliphatic carbocycles. The number of fused-ring (bicyclic) bond motifs is 9. The highest BCUT2D eigenvalue weighted by Crippen LogP contribution is 2.52. The maximum absolute atomic E-state index is 14.2. The molecule has 1 saturated heterocycles. The third-order valence-corrected chi connectivity index (χ3v) is 9.38. The van der Waals surface area contributed by atoms with Gasteiger partial charge >= 0.3 is 0 Å². The first-order valence-electron chi connectivity index (χ1n) is 14.4. The number of ether oxygens (including phenoxy) is 2. The number of aromatic nitrogens is 1. The third kappa shape index (κ3) is 3.88. The summed E-state index contributed by atoms with van der Waals surface area (Å²) < 4.78 is 12.8. The van der Waals surface area contributed by atoms with Crippen molar-refractivity contribution in [3.8, 4) is 11.5 Å². The summed E-state index contributed by atoms with van der Waals surface area (Å²) in [4.78, 5) is 32.9. The molecule has 43 heavy (non-hydrogen) atoms. The fourth-order valence-corrected chi connectivity index (χ4v) is 7.24. The van der Waals surface area contributed by atoms with E-state index in [0.29, 0.717) is 27.7 Å². The number of carbonyl (C=O) groups excluding carboxylic acids is 2. The zero-order valence-corrected chi connectivity index (χ0v) is 23.3. The highest BCUT2D eigenvalue weighted by Gasteiger charge is 2.63. The maximum atomic E-state index is 14.2. The number of phenols is 1. The van der Waals surface area contributed by atoms with Gasteiger partial charge in [-0.1, -0.05) is 0 Å². The number of carbonyl (C=O) groups is 2. The van der Waals surface area contributed by atoms with Gasteiger partial charge in [-0.05, 0) is 61.8 Å². The van der Waals surface area contributed by atoms with Crippen molar-refractivity contribution in [1.29, 1.82) is 0 Å². The second kappa shape index (κ2) is 9.68. The molecular weight excluding hydrogens is 560 g/mol. The molecule has 8 rings (SSSR count). The van der Waals surface area contributed by atoms with Crippen LogP contribution in [0.1, 0.15) is 68.7 Å². The average molecular weight is 593 g/mol. The zero-order chi connectivity index (χ0) is 30.4. The summed E-state index contributed by atoms with van der Waals surface area (Å²) in [6.45, 7) is 1.05. The van der Waals surface area contributed by atoms with Gasteiger partial charge in [0, 0.05) is 41.2 Å². The van der Waals surface area contributed by atoms with Crippen molar-refractivity contribution in [1.82, 2.24) is 4.98 Å². The Bertz CT molecular complexity index is 1710. The number of hydrogen-bond acceptors (Lipinski definition) is 12. The van der Waals surface area contributed by atoms with Gasteiger partial charge in [0.1, 0.15) is 41.2 Å². The van der Waals surface area contributed by atoms with Crippen molar-refractivity contribution < 1.29 is 49.7 Å². The zero-order valence-electron chi connectivity index (χ0n) is 23.3. The number of aryl methyl sites for hydroxylation is 2. The number of ketones is 2. The molecule has 7 N–H and O–H groups in total. The minimum Gasteiger partial charge on any atom is -0.507 e. The number of rotatable bonds is 1. The number of nitrogens with one attached hydrogen (secondary N) is 1. The standard InChI is InChI=1S/C31H32N2O10/c1-13-9-17-20(18(36)10-13)24(38)22-21(23(17)37)15-5-8-32-29-19(15)16-4-7-31(42-26(16)22)28(41)25(39)27(40)30(12-34,43-31)6-2-3-14(35)11-33-29/h5,8-10,14,25,27-28,34-36,39-41H,2-4,6-7,11-12H2,1H3,(H,32,33). The third-order valence-electron chi connectivity index (χ3n) is 9.38. The van der Waals surface area contributed by atoms with Crippen molar-refractivity contribution in [3.63, 3.8) is 0 Å². The van der Waals surface area contributed by atoms with Crippen LogP contribution in [0.3, 0.4) is 0 Å². The summed E-state index contributed by atoms with van der Waals surface area (Å²) in [6.07, 6.45) is -4.02. The Morgan fingerprint density at radius 2 is 1.84 bits per heavy atom. The largest absolute Gasteiger partial charge is 0.507 e. The molecule has 5 heterocycles. The van der Waals surface area contributed by atoms with Crippen LogP contribution in [-0.4, -0.2) is 96.1 Å². The highest BCUT2D eigenvalue weighted by molar-refractivity contribution is 6.34. The van der Waals surface area contributed by atoms with Gasteiger partial charge in [0.25, 0.3) is 0 Å². The number of aliphatic hydroxyl groups excluding tert-OH is 5. The Labute approximate surface area is 245 Å². The topological polar surface area (TPSA) is 199 Å². The monoisotopic (exact) mass is 592 g/mol. The van der Waals surface area contributed by atoms with Crippen LogP contribution in [0.15, 0.2) is 24.4 Å². The lowest BCUT2D eigenvalue weighted by Crippen LogP contribution is -2.73. The van der Waals surface area contributed by atoms with Crippen molar-refractivity contribution in [2.45, 2.75) is 74.8 Å². The van der Waals surface area contributed by atoms with Crippen molar-refractivity contribution in [2.75, 3.05) is 18.5 Å². The lowest BCUT2D eigenvalue weighted by molar-refractivity contribution is -0.377. The lowest BCUT2D eigenvalue weighted by atomic mass is 9.75. The van der Waals surface area contributed by atoms with Gasteiger partial charge in [0.2, 0.25) is 11.6 Å². The van der Waals surface area contributed by atoms with E-state index in [-0.39, 0.29) is 72.4 Å². The van der Waals surface area contributed by atoms with Crippen LogP contribution < -0.4 is 10.1 Å².